The number of fused-ring (bicyclic) bond motifs is 1. The topological polar surface area (TPSA) is 70.7 Å². The Bertz CT molecular complexity index is 736. The summed E-state index contributed by atoms with van der Waals surface area (Å²) < 4.78 is 0.689. The molecule has 0 aliphatic carbocycles. The van der Waals surface area contributed by atoms with Crippen molar-refractivity contribution in [1.29, 1.82) is 0 Å². The smallest absolute Gasteiger partial charge is 0.258 e. The van der Waals surface area contributed by atoms with Crippen LogP contribution in [0.1, 0.15) is 10.4 Å². The Kier molecular flexibility index (Phi) is 3.00. The zero-order chi connectivity index (χ0) is 13.2. The zero-order valence-electron chi connectivity index (χ0n) is 9.72. The average Bonchev–Trinajstić information content (AvgIpc) is 2.83. The molecule has 6 heteroatoms. The molecule has 0 atom stereocenters. The zero-order valence-corrected chi connectivity index (χ0v) is 11.3. The van der Waals surface area contributed by atoms with Crippen LogP contribution in [0.2, 0.25) is 0 Å². The number of hydrogen-bond donors (Lipinski definition) is 2. The predicted octanol–water partition coefficient (Wildman–Crippen LogP) is 2.97. The van der Waals surface area contributed by atoms with Crippen molar-refractivity contribution in [1.82, 2.24) is 15.2 Å². The van der Waals surface area contributed by atoms with Crippen LogP contribution < -0.4 is 5.32 Å². The monoisotopic (exact) mass is 316 g/mol. The van der Waals surface area contributed by atoms with Gasteiger partial charge < -0.3 is 5.32 Å². The van der Waals surface area contributed by atoms with Crippen LogP contribution in [0.4, 0.5) is 5.82 Å². The summed E-state index contributed by atoms with van der Waals surface area (Å²) in [5, 5.41) is 10.6. The molecule has 1 amide bonds. The number of aromatic amines is 1. The molecule has 0 aliphatic rings. The molecule has 94 valence electrons. The molecule has 2 N–H and O–H groups in total. The van der Waals surface area contributed by atoms with Gasteiger partial charge in [0.2, 0.25) is 0 Å². The molecule has 0 fully saturated rings. The Morgan fingerprint density at radius 3 is 2.84 bits per heavy atom. The number of H-pyrrole nitrogens is 1. The lowest BCUT2D eigenvalue weighted by atomic mass is 10.2. The molecule has 19 heavy (non-hydrogen) atoms. The van der Waals surface area contributed by atoms with Crippen molar-refractivity contribution in [3.63, 3.8) is 0 Å². The molecular weight excluding hydrogens is 308 g/mol. The second kappa shape index (κ2) is 4.81. The number of carbonyl (C=O) groups is 1. The Morgan fingerprint density at radius 1 is 1.21 bits per heavy atom. The first-order valence-electron chi connectivity index (χ1n) is 5.60. The van der Waals surface area contributed by atoms with Gasteiger partial charge in [0.1, 0.15) is 4.60 Å². The Balaban J connectivity index is 1.89. The summed E-state index contributed by atoms with van der Waals surface area (Å²) in [4.78, 5) is 16.1. The fraction of sp³-hybridized carbons (Fsp3) is 0. The van der Waals surface area contributed by atoms with Crippen molar-refractivity contribution in [2.75, 3.05) is 5.32 Å². The molecule has 0 saturated carbocycles. The minimum Gasteiger partial charge on any atom is -0.305 e. The summed E-state index contributed by atoms with van der Waals surface area (Å²) in [6.07, 6.45) is 1.51. The van der Waals surface area contributed by atoms with Crippen LogP contribution in [0, 0.1) is 0 Å². The third-order valence-electron chi connectivity index (χ3n) is 2.69. The van der Waals surface area contributed by atoms with Gasteiger partial charge in [-0.05, 0) is 40.2 Å². The molecule has 1 aromatic carbocycles. The van der Waals surface area contributed by atoms with Gasteiger partial charge in [0, 0.05) is 11.6 Å². The lowest BCUT2D eigenvalue weighted by Crippen LogP contribution is -2.12. The lowest BCUT2D eigenvalue weighted by molar-refractivity contribution is 0.102. The summed E-state index contributed by atoms with van der Waals surface area (Å²) in [6, 6.07) is 11.0. The second-order valence-corrected chi connectivity index (χ2v) is 4.75. The van der Waals surface area contributed by atoms with Crippen molar-refractivity contribution in [2.45, 2.75) is 0 Å². The van der Waals surface area contributed by atoms with Crippen LogP contribution in [0.5, 0.6) is 0 Å². The number of halogens is 1. The van der Waals surface area contributed by atoms with Crippen LogP contribution >= 0.6 is 15.9 Å². The van der Waals surface area contributed by atoms with E-state index in [1.54, 1.807) is 12.1 Å². The number of amides is 1. The van der Waals surface area contributed by atoms with Crippen molar-refractivity contribution < 1.29 is 4.79 Å². The number of para-hydroxylation sites is 1. The Hall–Kier alpha value is -2.21. The molecule has 2 heterocycles. The first-order chi connectivity index (χ1) is 9.24. The van der Waals surface area contributed by atoms with Gasteiger partial charge in [-0.15, -0.1) is 0 Å². The normalized spacial score (nSPS) is 10.6. The van der Waals surface area contributed by atoms with Gasteiger partial charge >= 0.3 is 0 Å². The van der Waals surface area contributed by atoms with Gasteiger partial charge in [-0.1, -0.05) is 12.1 Å². The Morgan fingerprint density at radius 2 is 2.05 bits per heavy atom. The van der Waals surface area contributed by atoms with E-state index in [1.807, 2.05) is 24.3 Å². The van der Waals surface area contributed by atoms with E-state index in [-0.39, 0.29) is 5.91 Å². The second-order valence-electron chi connectivity index (χ2n) is 3.94. The van der Waals surface area contributed by atoms with E-state index in [4.69, 9.17) is 0 Å². The maximum absolute atomic E-state index is 12.0. The minimum atomic E-state index is -0.239. The highest BCUT2D eigenvalue weighted by molar-refractivity contribution is 9.10. The third-order valence-corrected chi connectivity index (χ3v) is 3.16. The number of nitrogens with zero attached hydrogens (tertiary/aromatic N) is 2. The molecule has 0 saturated heterocycles. The number of aromatic nitrogens is 3. The third kappa shape index (κ3) is 2.34. The summed E-state index contributed by atoms with van der Waals surface area (Å²) in [6.45, 7) is 0. The van der Waals surface area contributed by atoms with Crippen LogP contribution in [0.15, 0.2) is 47.2 Å². The maximum Gasteiger partial charge on any atom is 0.258 e. The minimum absolute atomic E-state index is 0.239. The van der Waals surface area contributed by atoms with Gasteiger partial charge in [0.15, 0.2) is 5.82 Å². The summed E-state index contributed by atoms with van der Waals surface area (Å²) in [5.41, 5.74) is 1.36. The molecule has 0 radical (unpaired) electrons. The number of nitrogens with one attached hydrogen (secondary N) is 2. The molecular formula is C13H9BrN4O. The van der Waals surface area contributed by atoms with Crippen LogP contribution in [-0.2, 0) is 0 Å². The molecule has 0 spiro atoms. The molecule has 3 aromatic rings. The summed E-state index contributed by atoms with van der Waals surface area (Å²) in [7, 11) is 0. The van der Waals surface area contributed by atoms with Crippen molar-refractivity contribution in [3.05, 3.63) is 52.8 Å². The van der Waals surface area contributed by atoms with E-state index in [1.165, 1.54) is 6.20 Å². The van der Waals surface area contributed by atoms with E-state index in [0.717, 1.165) is 10.9 Å². The van der Waals surface area contributed by atoms with Crippen molar-refractivity contribution in [2.24, 2.45) is 0 Å². The molecule has 3 rings (SSSR count). The van der Waals surface area contributed by atoms with E-state index in [2.05, 4.69) is 36.4 Å². The quantitative estimate of drug-likeness (QED) is 0.714. The molecule has 5 nitrogen and oxygen atoms in total. The fourth-order valence-corrected chi connectivity index (χ4v) is 1.98. The highest BCUT2D eigenvalue weighted by atomic mass is 79.9. The van der Waals surface area contributed by atoms with Gasteiger partial charge in [-0.3, -0.25) is 9.89 Å². The molecule has 0 unspecified atom stereocenters. The average molecular weight is 317 g/mol. The van der Waals surface area contributed by atoms with Gasteiger partial charge in [-0.2, -0.15) is 5.10 Å². The first-order valence-corrected chi connectivity index (χ1v) is 6.39. The number of carbonyl (C=O) groups excluding carboxylic acids is 1. The van der Waals surface area contributed by atoms with Gasteiger partial charge in [0.05, 0.1) is 11.1 Å². The summed E-state index contributed by atoms with van der Waals surface area (Å²) >= 11 is 3.23. The standard InChI is InChI=1S/C13H9BrN4O/c14-11-6-5-8(7-15-11)13(19)16-12-9-3-1-2-4-10(9)17-18-12/h1-7H,(H2,16,17,18,19). The van der Waals surface area contributed by atoms with E-state index >= 15 is 0 Å². The van der Waals surface area contributed by atoms with Crippen LogP contribution in [-0.4, -0.2) is 21.1 Å². The largest absolute Gasteiger partial charge is 0.305 e. The van der Waals surface area contributed by atoms with Crippen molar-refractivity contribution in [3.8, 4) is 0 Å². The number of hydrogen-bond acceptors (Lipinski definition) is 3. The number of pyridine rings is 1. The lowest BCUT2D eigenvalue weighted by Gasteiger charge is -2.02. The van der Waals surface area contributed by atoms with Crippen LogP contribution in [0.25, 0.3) is 10.9 Å². The van der Waals surface area contributed by atoms with Crippen molar-refractivity contribution >= 4 is 38.6 Å². The molecule has 0 aliphatic heterocycles. The highest BCUT2D eigenvalue weighted by Gasteiger charge is 2.10. The number of benzene rings is 1. The Labute approximate surface area is 117 Å². The fourth-order valence-electron chi connectivity index (χ4n) is 1.75. The van der Waals surface area contributed by atoms with Gasteiger partial charge in [0.25, 0.3) is 5.91 Å². The molecule has 2 aromatic heterocycles. The highest BCUT2D eigenvalue weighted by Crippen LogP contribution is 2.20. The first kappa shape index (κ1) is 11.9. The van der Waals surface area contributed by atoms with Crippen LogP contribution in [0.3, 0.4) is 0 Å². The summed E-state index contributed by atoms with van der Waals surface area (Å²) in [5.74, 6) is 0.278. The predicted molar refractivity (Wildman–Crippen MR) is 76.0 cm³/mol. The number of rotatable bonds is 2. The van der Waals surface area contributed by atoms with Gasteiger partial charge in [-0.25, -0.2) is 4.98 Å². The molecule has 0 bridgehead atoms. The maximum atomic E-state index is 12.0. The van der Waals surface area contributed by atoms with E-state index < -0.39 is 0 Å². The van der Waals surface area contributed by atoms with E-state index in [9.17, 15) is 4.79 Å². The number of anilines is 1. The van der Waals surface area contributed by atoms with E-state index in [0.29, 0.717) is 16.0 Å². The SMILES string of the molecule is O=C(Nc1n[nH]c2ccccc12)c1ccc(Br)nc1.